The third-order valence-electron chi connectivity index (χ3n) is 6.36. The number of aliphatic hydroxyl groups is 1. The fourth-order valence-electron chi connectivity index (χ4n) is 4.72. The van der Waals surface area contributed by atoms with Crippen LogP contribution in [0.25, 0.3) is 21.1 Å². The van der Waals surface area contributed by atoms with E-state index in [2.05, 4.69) is 32.8 Å². The summed E-state index contributed by atoms with van der Waals surface area (Å²) in [6, 6.07) is 16.0. The van der Waals surface area contributed by atoms with Crippen molar-refractivity contribution in [3.8, 4) is 0 Å². The van der Waals surface area contributed by atoms with Crippen LogP contribution in [0.2, 0.25) is 0 Å². The fraction of sp³-hybridized carbons (Fsp3) is 0.333. The summed E-state index contributed by atoms with van der Waals surface area (Å²) in [6.07, 6.45) is 2.70. The number of rotatable bonds is 9. The summed E-state index contributed by atoms with van der Waals surface area (Å²) in [5.74, 6) is 0.529. The summed E-state index contributed by atoms with van der Waals surface area (Å²) in [5, 5.41) is 15.8. The predicted molar refractivity (Wildman–Crippen MR) is 137 cm³/mol. The van der Waals surface area contributed by atoms with Gasteiger partial charge in [0.1, 0.15) is 5.82 Å². The molecule has 2 aromatic carbocycles. The van der Waals surface area contributed by atoms with Gasteiger partial charge in [0.25, 0.3) is 5.91 Å². The molecule has 1 amide bonds. The van der Waals surface area contributed by atoms with Crippen LogP contribution in [0.15, 0.2) is 65.7 Å². The lowest BCUT2D eigenvalue weighted by Crippen LogP contribution is -2.39. The number of imidazole rings is 1. The normalized spacial score (nSPS) is 20.1. The molecule has 0 saturated heterocycles. The van der Waals surface area contributed by atoms with Crippen molar-refractivity contribution >= 4 is 38.4 Å². The fourth-order valence-corrected chi connectivity index (χ4v) is 5.73. The minimum Gasteiger partial charge on any atom is -0.459 e. The average molecular weight is 492 g/mol. The maximum atomic E-state index is 13.2. The van der Waals surface area contributed by atoms with E-state index in [1.54, 1.807) is 11.3 Å². The van der Waals surface area contributed by atoms with E-state index in [9.17, 15) is 9.90 Å². The van der Waals surface area contributed by atoms with Crippen LogP contribution in [0.4, 0.5) is 0 Å². The zero-order valence-corrected chi connectivity index (χ0v) is 20.4. The van der Waals surface area contributed by atoms with E-state index >= 15 is 0 Å². The van der Waals surface area contributed by atoms with Gasteiger partial charge in [-0.2, -0.15) is 0 Å². The van der Waals surface area contributed by atoms with Crippen LogP contribution in [0.5, 0.6) is 0 Å². The summed E-state index contributed by atoms with van der Waals surface area (Å²) >= 11 is 1.69. The molecule has 3 heterocycles. The Kier molecular flexibility index (Phi) is 7.13. The monoisotopic (exact) mass is 491 g/mol. The first-order valence-corrected chi connectivity index (χ1v) is 12.8. The number of nitrogens with one attached hydrogen (secondary N) is 2. The molecule has 1 aliphatic rings. The Hall–Kier alpha value is -3.20. The van der Waals surface area contributed by atoms with Crippen molar-refractivity contribution in [2.24, 2.45) is 5.92 Å². The molecule has 3 atom stereocenters. The van der Waals surface area contributed by atoms with Gasteiger partial charge in [0.15, 0.2) is 5.76 Å². The maximum Gasteiger partial charge on any atom is 0.286 e. The number of aliphatic hydroxyl groups excluding tert-OH is 1. The summed E-state index contributed by atoms with van der Waals surface area (Å²) in [5.41, 5.74) is 2.94. The summed E-state index contributed by atoms with van der Waals surface area (Å²) in [4.78, 5) is 21.0. The molecule has 0 unspecified atom stereocenters. The van der Waals surface area contributed by atoms with Crippen LogP contribution in [0.3, 0.4) is 0 Å². The molecule has 0 spiro atoms. The number of hydrogen-bond acceptors (Lipinski definition) is 6. The third kappa shape index (κ3) is 4.96. The lowest BCUT2D eigenvalue weighted by atomic mass is 9.80. The second kappa shape index (κ2) is 10.6. The Bertz CT molecular complexity index is 1310. The highest BCUT2D eigenvalue weighted by Crippen LogP contribution is 2.43. The van der Waals surface area contributed by atoms with E-state index in [0.29, 0.717) is 18.9 Å². The van der Waals surface area contributed by atoms with Gasteiger partial charge in [-0.1, -0.05) is 30.3 Å². The third-order valence-corrected chi connectivity index (χ3v) is 7.34. The van der Waals surface area contributed by atoms with Crippen molar-refractivity contribution < 1.29 is 19.4 Å². The lowest BCUT2D eigenvalue weighted by Gasteiger charge is -2.36. The standard InChI is InChI=1S/C27H29N3O4S/c1-2-33-27-18(9-7-13-31)19(20-16-35-24-12-6-3-8-17(20)24)14-23(34-27)26(32)28-15-25-29-21-10-4-5-11-22(21)30-25/h3-6,8,10-12,14,16,18-19,27,31H,2,7,9,13,15H2,1H3,(H,28,32)(H,29,30)/t18-,19+,27-/m1/s1. The second-order valence-corrected chi connectivity index (χ2v) is 9.51. The van der Waals surface area contributed by atoms with Crippen molar-refractivity contribution in [2.45, 2.75) is 38.5 Å². The summed E-state index contributed by atoms with van der Waals surface area (Å²) in [7, 11) is 0. The number of hydrogen-bond donors (Lipinski definition) is 3. The van der Waals surface area contributed by atoms with E-state index in [4.69, 9.17) is 9.47 Å². The Morgan fingerprint density at radius 1 is 1.23 bits per heavy atom. The molecule has 0 radical (unpaired) electrons. The van der Waals surface area contributed by atoms with Gasteiger partial charge in [-0.15, -0.1) is 11.3 Å². The molecule has 3 N–H and O–H groups in total. The molecule has 35 heavy (non-hydrogen) atoms. The molecule has 0 fully saturated rings. The van der Waals surface area contributed by atoms with Gasteiger partial charge >= 0.3 is 0 Å². The quantitative estimate of drug-likeness (QED) is 0.311. The van der Waals surface area contributed by atoms with Crippen LogP contribution in [0.1, 0.15) is 37.1 Å². The van der Waals surface area contributed by atoms with Crippen molar-refractivity contribution in [1.29, 1.82) is 0 Å². The number of allylic oxidation sites excluding steroid dienone is 1. The SMILES string of the molecule is CCO[C@@H]1OC(C(=O)NCc2nc3ccccc3[nH]2)=C[C@H](c2csc3ccccc23)[C@H]1CCCO. The molecule has 1 aliphatic heterocycles. The molecule has 0 aliphatic carbocycles. The molecule has 5 rings (SSSR count). The second-order valence-electron chi connectivity index (χ2n) is 8.60. The number of carbonyl (C=O) groups is 1. The van der Waals surface area contributed by atoms with Gasteiger partial charge in [0.2, 0.25) is 6.29 Å². The molecule has 7 nitrogen and oxygen atoms in total. The van der Waals surface area contributed by atoms with Gasteiger partial charge < -0.3 is 24.9 Å². The highest BCUT2D eigenvalue weighted by Gasteiger charge is 2.38. The van der Waals surface area contributed by atoms with E-state index in [1.807, 2.05) is 49.4 Å². The van der Waals surface area contributed by atoms with Gasteiger partial charge in [0, 0.05) is 29.7 Å². The van der Waals surface area contributed by atoms with Crippen molar-refractivity contribution in [3.63, 3.8) is 0 Å². The van der Waals surface area contributed by atoms with Crippen LogP contribution in [0, 0.1) is 5.92 Å². The van der Waals surface area contributed by atoms with Gasteiger partial charge in [0.05, 0.1) is 17.6 Å². The molecular formula is C27H29N3O4S. The molecule has 8 heteroatoms. The zero-order valence-electron chi connectivity index (χ0n) is 19.6. The number of benzene rings is 2. The van der Waals surface area contributed by atoms with Crippen LogP contribution in [-0.2, 0) is 20.8 Å². The first-order valence-electron chi connectivity index (χ1n) is 12.0. The van der Waals surface area contributed by atoms with Crippen molar-refractivity contribution in [3.05, 3.63) is 77.1 Å². The lowest BCUT2D eigenvalue weighted by molar-refractivity contribution is -0.166. The summed E-state index contributed by atoms with van der Waals surface area (Å²) in [6.45, 7) is 2.74. The van der Waals surface area contributed by atoms with E-state index < -0.39 is 6.29 Å². The average Bonchev–Trinajstić information content (AvgIpc) is 3.50. The van der Waals surface area contributed by atoms with Crippen molar-refractivity contribution in [2.75, 3.05) is 13.2 Å². The molecule has 4 aromatic rings. The van der Waals surface area contributed by atoms with Gasteiger partial charge in [-0.3, -0.25) is 4.79 Å². The predicted octanol–water partition coefficient (Wildman–Crippen LogP) is 4.84. The van der Waals surface area contributed by atoms with Gasteiger partial charge in [-0.05, 0) is 60.4 Å². The molecule has 2 aromatic heterocycles. The van der Waals surface area contributed by atoms with E-state index in [0.717, 1.165) is 23.0 Å². The minimum absolute atomic E-state index is 0.0213. The number of amides is 1. The van der Waals surface area contributed by atoms with Crippen molar-refractivity contribution in [1.82, 2.24) is 15.3 Å². The Morgan fingerprint density at radius 3 is 2.89 bits per heavy atom. The Balaban J connectivity index is 1.43. The smallest absolute Gasteiger partial charge is 0.286 e. The van der Waals surface area contributed by atoms with Crippen LogP contribution >= 0.6 is 11.3 Å². The van der Waals surface area contributed by atoms with Crippen LogP contribution in [-0.4, -0.2) is 40.5 Å². The van der Waals surface area contributed by atoms with E-state index in [-0.39, 0.29) is 36.7 Å². The minimum atomic E-state index is -0.577. The van der Waals surface area contributed by atoms with Crippen LogP contribution < -0.4 is 5.32 Å². The number of H-pyrrole nitrogens is 1. The number of aromatic nitrogens is 2. The topological polar surface area (TPSA) is 96.5 Å². The number of para-hydroxylation sites is 2. The number of carbonyl (C=O) groups excluding carboxylic acids is 1. The molecule has 0 bridgehead atoms. The molecule has 182 valence electrons. The highest BCUT2D eigenvalue weighted by atomic mass is 32.1. The molecular weight excluding hydrogens is 462 g/mol. The number of fused-ring (bicyclic) bond motifs is 2. The number of thiophene rings is 1. The maximum absolute atomic E-state index is 13.2. The molecule has 0 saturated carbocycles. The first kappa shape index (κ1) is 23.5. The van der Waals surface area contributed by atoms with E-state index in [1.165, 1.54) is 10.1 Å². The Morgan fingerprint density at radius 2 is 2.06 bits per heavy atom. The first-order chi connectivity index (χ1) is 17.2. The number of nitrogens with zero attached hydrogens (tertiary/aromatic N) is 1. The number of ether oxygens (including phenoxy) is 2. The highest BCUT2D eigenvalue weighted by molar-refractivity contribution is 7.17. The summed E-state index contributed by atoms with van der Waals surface area (Å²) < 4.78 is 13.3. The van der Waals surface area contributed by atoms with Gasteiger partial charge in [-0.25, -0.2) is 4.98 Å². The largest absolute Gasteiger partial charge is 0.459 e. The zero-order chi connectivity index (χ0) is 24.2. The Labute approximate surface area is 207 Å². The number of aromatic amines is 1.